The minimum absolute atomic E-state index is 0.238. The van der Waals surface area contributed by atoms with E-state index in [1.165, 1.54) is 11.3 Å². The summed E-state index contributed by atoms with van der Waals surface area (Å²) in [6.07, 6.45) is 3.26. The van der Waals surface area contributed by atoms with E-state index in [0.717, 1.165) is 38.8 Å². The van der Waals surface area contributed by atoms with Gasteiger partial charge in [-0.1, -0.05) is 54.6 Å². The van der Waals surface area contributed by atoms with Crippen LogP contribution < -0.4 is 19.3 Å². The van der Waals surface area contributed by atoms with E-state index >= 15 is 0 Å². The highest BCUT2D eigenvalue weighted by atomic mass is 32.1. The molecule has 49 heavy (non-hydrogen) atoms. The van der Waals surface area contributed by atoms with Gasteiger partial charge in [-0.2, -0.15) is 19.6 Å². The van der Waals surface area contributed by atoms with Gasteiger partial charge in [0, 0.05) is 50.8 Å². The van der Waals surface area contributed by atoms with Crippen molar-refractivity contribution < 1.29 is 19.0 Å². The molecule has 0 aliphatic carbocycles. The lowest BCUT2D eigenvalue weighted by Gasteiger charge is -2.34. The topological polar surface area (TPSA) is 110 Å². The molecule has 4 heterocycles. The molecule has 1 fully saturated rings. The smallest absolute Gasteiger partial charge is 0.410 e. The average Bonchev–Trinajstić information content (AvgIpc) is 3.85. The summed E-state index contributed by atoms with van der Waals surface area (Å²) < 4.78 is 18.2. The molecule has 0 unspecified atom stereocenters. The van der Waals surface area contributed by atoms with Gasteiger partial charge in [0.25, 0.3) is 0 Å². The second kappa shape index (κ2) is 14.6. The first kappa shape index (κ1) is 31.9. The van der Waals surface area contributed by atoms with E-state index in [4.69, 9.17) is 29.3 Å². The van der Waals surface area contributed by atoms with Gasteiger partial charge in [-0.3, -0.25) is 0 Å². The number of methoxy groups -OCH3 is 2. The fourth-order valence-electron chi connectivity index (χ4n) is 5.71. The van der Waals surface area contributed by atoms with E-state index in [9.17, 15) is 4.79 Å². The Morgan fingerprint density at radius 3 is 2.06 bits per heavy atom. The number of benzene rings is 3. The van der Waals surface area contributed by atoms with Crippen molar-refractivity contribution in [2.24, 2.45) is 0 Å². The SMILES string of the molecule is COc1ccc(CN(Cc2ccc(OC)cc2)c2nc(N3CCN(C(=O)OCc4ccccc4)CC3)nc3c(-c4nccs4)cnn23)cc1. The fraction of sp³-hybridized carbons (Fsp3) is 0.250. The molecular weight excluding hydrogens is 641 g/mol. The standard InChI is InChI=1S/C36H36N8O4S/c1-46-29-12-8-26(9-13-29)23-43(24-27-10-14-30(47-2)15-11-27)35-40-34(39-32-31(22-38-44(32)35)33-37-16-21-49-33)41-17-19-42(20-18-41)36(45)48-25-28-6-4-3-5-7-28/h3-16,21-22H,17-20,23-25H2,1-2H3. The number of anilines is 2. The van der Waals surface area contributed by atoms with E-state index in [0.29, 0.717) is 56.8 Å². The minimum Gasteiger partial charge on any atom is -0.497 e. The molecule has 6 aromatic rings. The summed E-state index contributed by atoms with van der Waals surface area (Å²) in [7, 11) is 3.32. The Labute approximate surface area is 288 Å². The molecule has 0 spiro atoms. The zero-order valence-electron chi connectivity index (χ0n) is 27.3. The maximum atomic E-state index is 12.9. The molecule has 0 bridgehead atoms. The summed E-state index contributed by atoms with van der Waals surface area (Å²) in [5.74, 6) is 2.78. The Bertz CT molecular complexity index is 1930. The number of thiazole rings is 1. The predicted octanol–water partition coefficient (Wildman–Crippen LogP) is 5.93. The Morgan fingerprint density at radius 2 is 1.47 bits per heavy atom. The maximum Gasteiger partial charge on any atom is 0.410 e. The number of ether oxygens (including phenoxy) is 3. The third-order valence-corrected chi connectivity index (χ3v) is 9.18. The van der Waals surface area contributed by atoms with E-state index in [1.807, 2.05) is 60.0 Å². The van der Waals surface area contributed by atoms with Crippen LogP contribution in [0.3, 0.4) is 0 Å². The second-order valence-electron chi connectivity index (χ2n) is 11.5. The van der Waals surface area contributed by atoms with Crippen molar-refractivity contribution in [1.82, 2.24) is 29.5 Å². The molecular formula is C36H36N8O4S. The quantitative estimate of drug-likeness (QED) is 0.164. The van der Waals surface area contributed by atoms with Crippen molar-refractivity contribution in [3.8, 4) is 22.1 Å². The van der Waals surface area contributed by atoms with Gasteiger partial charge in [-0.15, -0.1) is 11.3 Å². The fourth-order valence-corrected chi connectivity index (χ4v) is 6.35. The van der Waals surface area contributed by atoms with E-state index < -0.39 is 0 Å². The lowest BCUT2D eigenvalue weighted by molar-refractivity contribution is 0.0940. The van der Waals surface area contributed by atoms with Gasteiger partial charge in [0.2, 0.25) is 11.9 Å². The molecule has 13 heteroatoms. The predicted molar refractivity (Wildman–Crippen MR) is 188 cm³/mol. The number of nitrogens with zero attached hydrogens (tertiary/aromatic N) is 8. The lowest BCUT2D eigenvalue weighted by atomic mass is 10.1. The average molecular weight is 677 g/mol. The van der Waals surface area contributed by atoms with Crippen LogP contribution in [0.1, 0.15) is 16.7 Å². The second-order valence-corrected chi connectivity index (χ2v) is 12.4. The number of carbonyl (C=O) groups excluding carboxylic acids is 1. The maximum absolute atomic E-state index is 12.9. The van der Waals surface area contributed by atoms with Gasteiger partial charge in [0.15, 0.2) is 5.65 Å². The van der Waals surface area contributed by atoms with E-state index in [2.05, 4.69) is 39.0 Å². The van der Waals surface area contributed by atoms with Gasteiger partial charge in [0.1, 0.15) is 23.1 Å². The molecule has 3 aromatic carbocycles. The van der Waals surface area contributed by atoms with Crippen LogP contribution in [0.15, 0.2) is 96.6 Å². The Balaban J connectivity index is 1.21. The molecule has 1 saturated heterocycles. The molecule has 0 radical (unpaired) electrons. The lowest BCUT2D eigenvalue weighted by Crippen LogP contribution is -2.49. The molecule has 0 saturated carbocycles. The van der Waals surface area contributed by atoms with E-state index in [-0.39, 0.29) is 12.7 Å². The van der Waals surface area contributed by atoms with Gasteiger partial charge in [-0.25, -0.2) is 9.78 Å². The summed E-state index contributed by atoms with van der Waals surface area (Å²) in [4.78, 5) is 33.7. The monoisotopic (exact) mass is 676 g/mol. The Morgan fingerprint density at radius 1 is 0.816 bits per heavy atom. The highest BCUT2D eigenvalue weighted by Gasteiger charge is 2.27. The Hall–Kier alpha value is -5.69. The number of carbonyl (C=O) groups is 1. The molecule has 12 nitrogen and oxygen atoms in total. The summed E-state index contributed by atoms with van der Waals surface area (Å²) in [5, 5.41) is 7.56. The number of amides is 1. The molecule has 1 amide bonds. The summed E-state index contributed by atoms with van der Waals surface area (Å²) in [6, 6.07) is 25.8. The first-order valence-electron chi connectivity index (χ1n) is 15.9. The normalized spacial score (nSPS) is 13.0. The summed E-state index contributed by atoms with van der Waals surface area (Å²) in [6.45, 7) is 3.41. The third-order valence-electron chi connectivity index (χ3n) is 8.38. The van der Waals surface area contributed by atoms with Crippen LogP contribution in [0, 0.1) is 0 Å². The highest BCUT2D eigenvalue weighted by molar-refractivity contribution is 7.13. The Kier molecular flexibility index (Phi) is 9.50. The molecule has 250 valence electrons. The van der Waals surface area contributed by atoms with Gasteiger partial charge in [0.05, 0.1) is 26.0 Å². The van der Waals surface area contributed by atoms with Crippen molar-refractivity contribution in [3.63, 3.8) is 0 Å². The number of piperazine rings is 1. The highest BCUT2D eigenvalue weighted by Crippen LogP contribution is 2.31. The molecule has 1 aliphatic heterocycles. The van der Waals surface area contributed by atoms with Gasteiger partial charge < -0.3 is 28.9 Å². The number of rotatable bonds is 11. The number of hydrogen-bond acceptors (Lipinski definition) is 11. The van der Waals surface area contributed by atoms with Crippen molar-refractivity contribution in [2.75, 3.05) is 50.2 Å². The first-order chi connectivity index (χ1) is 24.1. The third kappa shape index (κ3) is 7.26. The largest absolute Gasteiger partial charge is 0.497 e. The molecule has 7 rings (SSSR count). The zero-order chi connectivity index (χ0) is 33.6. The zero-order valence-corrected chi connectivity index (χ0v) is 28.1. The van der Waals surface area contributed by atoms with Crippen LogP contribution in [0.5, 0.6) is 11.5 Å². The minimum atomic E-state index is -0.326. The van der Waals surface area contributed by atoms with E-state index in [1.54, 1.807) is 36.0 Å². The van der Waals surface area contributed by atoms with Crippen LogP contribution in [0.2, 0.25) is 0 Å². The van der Waals surface area contributed by atoms with Crippen LogP contribution in [0.25, 0.3) is 16.2 Å². The van der Waals surface area contributed by atoms with Crippen LogP contribution in [-0.4, -0.2) is 76.0 Å². The van der Waals surface area contributed by atoms with Crippen LogP contribution in [-0.2, 0) is 24.4 Å². The van der Waals surface area contributed by atoms with Crippen LogP contribution >= 0.6 is 11.3 Å². The van der Waals surface area contributed by atoms with Crippen molar-refractivity contribution in [1.29, 1.82) is 0 Å². The van der Waals surface area contributed by atoms with Gasteiger partial charge >= 0.3 is 6.09 Å². The number of hydrogen-bond donors (Lipinski definition) is 0. The first-order valence-corrected chi connectivity index (χ1v) is 16.8. The number of fused-ring (bicyclic) bond motifs is 1. The van der Waals surface area contributed by atoms with Gasteiger partial charge in [-0.05, 0) is 41.0 Å². The molecule has 3 aromatic heterocycles. The molecule has 0 atom stereocenters. The summed E-state index contributed by atoms with van der Waals surface area (Å²) in [5.41, 5.74) is 4.61. The molecule has 0 N–H and O–H groups in total. The molecule has 1 aliphatic rings. The van der Waals surface area contributed by atoms with Crippen molar-refractivity contribution in [2.45, 2.75) is 19.7 Å². The van der Waals surface area contributed by atoms with Crippen LogP contribution in [0.4, 0.5) is 16.7 Å². The van der Waals surface area contributed by atoms with Crippen molar-refractivity contribution >= 4 is 35.0 Å². The summed E-state index contributed by atoms with van der Waals surface area (Å²) >= 11 is 1.54. The number of aromatic nitrogens is 5. The van der Waals surface area contributed by atoms with Crippen molar-refractivity contribution in [3.05, 3.63) is 113 Å².